The lowest BCUT2D eigenvalue weighted by Crippen LogP contribution is -2.46. The van der Waals surface area contributed by atoms with E-state index < -0.39 is 6.10 Å². The van der Waals surface area contributed by atoms with Crippen molar-refractivity contribution in [1.82, 2.24) is 0 Å². The third-order valence-electron chi connectivity index (χ3n) is 5.33. The number of rotatable bonds is 7. The molecule has 1 aliphatic rings. The highest BCUT2D eigenvalue weighted by Gasteiger charge is 2.31. The van der Waals surface area contributed by atoms with Gasteiger partial charge in [0.1, 0.15) is 23.9 Å². The van der Waals surface area contributed by atoms with Crippen LogP contribution in [0.15, 0.2) is 66.7 Å². The van der Waals surface area contributed by atoms with Gasteiger partial charge in [0.25, 0.3) is 5.91 Å². The lowest BCUT2D eigenvalue weighted by atomic mass is 10.1. The highest BCUT2D eigenvalue weighted by atomic mass is 19.1. The number of aryl methyl sites for hydroxylation is 1. The molecule has 1 atom stereocenters. The summed E-state index contributed by atoms with van der Waals surface area (Å²) in [6, 6.07) is 18.7. The molecular weight excluding hydrogens is 423 g/mol. The molecule has 1 aliphatic heterocycles. The average Bonchev–Trinajstić information content (AvgIpc) is 2.79. The van der Waals surface area contributed by atoms with Gasteiger partial charge in [-0.2, -0.15) is 0 Å². The molecule has 2 amide bonds. The maximum atomic E-state index is 13.1. The number of fused-ring (bicyclic) bond motifs is 1. The summed E-state index contributed by atoms with van der Waals surface area (Å²) < 4.78 is 24.6. The topological polar surface area (TPSA) is 67.9 Å². The summed E-state index contributed by atoms with van der Waals surface area (Å²) in [5.74, 6) is 0.530. The second-order valence-electron chi connectivity index (χ2n) is 7.95. The van der Waals surface area contributed by atoms with Gasteiger partial charge in [0, 0.05) is 11.8 Å². The fourth-order valence-electron chi connectivity index (χ4n) is 3.60. The Kier molecular flexibility index (Phi) is 6.58. The number of anilines is 2. The maximum absolute atomic E-state index is 13.1. The van der Waals surface area contributed by atoms with E-state index in [-0.39, 0.29) is 24.1 Å². The highest BCUT2D eigenvalue weighted by molar-refractivity contribution is 6.00. The number of amides is 2. The van der Waals surface area contributed by atoms with Crippen LogP contribution in [-0.2, 0) is 16.0 Å². The van der Waals surface area contributed by atoms with Gasteiger partial charge in [-0.1, -0.05) is 29.8 Å². The molecule has 4 rings (SSSR count). The molecule has 6 nitrogen and oxygen atoms in total. The number of hydrogen-bond donors (Lipinski definition) is 1. The van der Waals surface area contributed by atoms with Gasteiger partial charge in [0.2, 0.25) is 5.91 Å². The van der Waals surface area contributed by atoms with Crippen molar-refractivity contribution >= 4 is 23.2 Å². The third-order valence-corrected chi connectivity index (χ3v) is 5.33. The summed E-state index contributed by atoms with van der Waals surface area (Å²) in [6.07, 6.45) is -0.530. The number of nitrogens with one attached hydrogen (secondary N) is 1. The number of halogens is 1. The third kappa shape index (κ3) is 5.49. The van der Waals surface area contributed by atoms with Gasteiger partial charge in [-0.25, -0.2) is 4.39 Å². The van der Waals surface area contributed by atoms with Crippen LogP contribution in [0.3, 0.4) is 0 Å². The Morgan fingerprint density at radius 1 is 1.09 bits per heavy atom. The molecule has 0 spiro atoms. The van der Waals surface area contributed by atoms with Crippen LogP contribution in [0.4, 0.5) is 15.8 Å². The lowest BCUT2D eigenvalue weighted by molar-refractivity contribution is -0.125. The zero-order valence-corrected chi connectivity index (χ0v) is 18.5. The second-order valence-corrected chi connectivity index (χ2v) is 7.95. The van der Waals surface area contributed by atoms with Gasteiger partial charge in [-0.15, -0.1) is 0 Å². The number of hydrogen-bond acceptors (Lipinski definition) is 4. The summed E-state index contributed by atoms with van der Waals surface area (Å²) in [7, 11) is 0. The predicted octanol–water partition coefficient (Wildman–Crippen LogP) is 4.51. The van der Waals surface area contributed by atoms with E-state index in [0.717, 1.165) is 11.3 Å². The summed E-state index contributed by atoms with van der Waals surface area (Å²) in [6.45, 7) is 4.40. The molecule has 0 fully saturated rings. The summed E-state index contributed by atoms with van der Waals surface area (Å²) in [5, 5.41) is 2.82. The van der Waals surface area contributed by atoms with E-state index in [1.165, 1.54) is 12.1 Å². The molecule has 0 aromatic heterocycles. The van der Waals surface area contributed by atoms with Gasteiger partial charge in [0.15, 0.2) is 6.10 Å². The first-order valence-electron chi connectivity index (χ1n) is 10.7. The van der Waals surface area contributed by atoms with Crippen LogP contribution in [0.25, 0.3) is 0 Å². The smallest absolute Gasteiger partial charge is 0.267 e. The first kappa shape index (κ1) is 22.3. The van der Waals surface area contributed by atoms with E-state index in [4.69, 9.17) is 9.47 Å². The monoisotopic (exact) mass is 448 g/mol. The van der Waals surface area contributed by atoms with E-state index in [9.17, 15) is 14.0 Å². The van der Waals surface area contributed by atoms with Crippen molar-refractivity contribution in [3.05, 3.63) is 83.7 Å². The first-order chi connectivity index (χ1) is 15.9. The average molecular weight is 448 g/mol. The van der Waals surface area contributed by atoms with Crippen LogP contribution >= 0.6 is 0 Å². The van der Waals surface area contributed by atoms with Crippen LogP contribution in [0, 0.1) is 12.7 Å². The van der Waals surface area contributed by atoms with Crippen molar-refractivity contribution in [3.63, 3.8) is 0 Å². The Bertz CT molecular complexity index is 1150. The molecule has 7 heteroatoms. The molecule has 1 unspecified atom stereocenters. The minimum atomic E-state index is -0.651. The maximum Gasteiger partial charge on any atom is 0.267 e. The van der Waals surface area contributed by atoms with Crippen LogP contribution in [0.2, 0.25) is 0 Å². The minimum Gasteiger partial charge on any atom is -0.492 e. The standard InChI is InChI=1S/C26H25FN2O4/c1-17-3-10-22(11-4-17)32-14-13-29-23-12-9-21(16-24(23)33-18(2)26(29)31)28-25(30)15-19-5-7-20(27)8-6-19/h3-12,16,18H,13-15H2,1-2H3,(H,28,30). The second kappa shape index (κ2) is 9.73. The molecule has 3 aromatic carbocycles. The Labute approximate surface area is 191 Å². The summed E-state index contributed by atoms with van der Waals surface area (Å²) >= 11 is 0. The molecule has 0 radical (unpaired) electrons. The van der Waals surface area contributed by atoms with Crippen molar-refractivity contribution in [2.24, 2.45) is 0 Å². The van der Waals surface area contributed by atoms with Crippen LogP contribution in [-0.4, -0.2) is 31.1 Å². The van der Waals surface area contributed by atoms with Crippen LogP contribution < -0.4 is 19.7 Å². The molecule has 0 saturated heterocycles. The zero-order chi connectivity index (χ0) is 23.4. The molecular formula is C26H25FN2O4. The molecule has 0 aliphatic carbocycles. The summed E-state index contributed by atoms with van der Waals surface area (Å²) in [5.41, 5.74) is 3.04. The van der Waals surface area contributed by atoms with Crippen molar-refractivity contribution in [2.75, 3.05) is 23.4 Å². The Balaban J connectivity index is 1.42. The lowest BCUT2D eigenvalue weighted by Gasteiger charge is -2.33. The number of ether oxygens (including phenoxy) is 2. The predicted molar refractivity (Wildman–Crippen MR) is 124 cm³/mol. The van der Waals surface area contributed by atoms with Crippen LogP contribution in [0.5, 0.6) is 11.5 Å². The van der Waals surface area contributed by atoms with E-state index in [1.54, 1.807) is 42.2 Å². The zero-order valence-electron chi connectivity index (χ0n) is 18.5. The molecule has 3 aromatic rings. The minimum absolute atomic E-state index is 0.121. The normalized spacial score (nSPS) is 14.9. The van der Waals surface area contributed by atoms with Crippen molar-refractivity contribution in [1.29, 1.82) is 0 Å². The largest absolute Gasteiger partial charge is 0.492 e. The first-order valence-corrected chi connectivity index (χ1v) is 10.7. The molecule has 170 valence electrons. The Morgan fingerprint density at radius 3 is 2.55 bits per heavy atom. The molecule has 33 heavy (non-hydrogen) atoms. The quantitative estimate of drug-likeness (QED) is 0.578. The van der Waals surface area contributed by atoms with Crippen LogP contribution in [0.1, 0.15) is 18.1 Å². The number of carbonyl (C=O) groups excluding carboxylic acids is 2. The molecule has 0 bridgehead atoms. The molecule has 1 N–H and O–H groups in total. The Morgan fingerprint density at radius 2 is 1.82 bits per heavy atom. The fraction of sp³-hybridized carbons (Fsp3) is 0.231. The molecule has 1 heterocycles. The number of carbonyl (C=O) groups is 2. The highest BCUT2D eigenvalue weighted by Crippen LogP contribution is 2.36. The van der Waals surface area contributed by atoms with E-state index in [0.29, 0.717) is 35.8 Å². The van der Waals surface area contributed by atoms with Gasteiger partial charge in [0.05, 0.1) is 18.7 Å². The number of nitrogens with zero attached hydrogens (tertiary/aromatic N) is 1. The van der Waals surface area contributed by atoms with Gasteiger partial charge in [-0.05, 0) is 55.8 Å². The van der Waals surface area contributed by atoms with E-state index in [2.05, 4.69) is 5.32 Å². The Hall–Kier alpha value is -3.87. The SMILES string of the molecule is Cc1ccc(OCCN2C(=O)C(C)Oc3cc(NC(=O)Cc4ccc(F)cc4)ccc32)cc1. The van der Waals surface area contributed by atoms with Gasteiger partial charge >= 0.3 is 0 Å². The molecule has 0 saturated carbocycles. The fourth-order valence-corrected chi connectivity index (χ4v) is 3.60. The van der Waals surface area contributed by atoms with Gasteiger partial charge < -0.3 is 19.7 Å². The number of benzene rings is 3. The summed E-state index contributed by atoms with van der Waals surface area (Å²) in [4.78, 5) is 26.7. The van der Waals surface area contributed by atoms with Crippen molar-refractivity contribution < 1.29 is 23.5 Å². The van der Waals surface area contributed by atoms with Gasteiger partial charge in [-0.3, -0.25) is 9.59 Å². The van der Waals surface area contributed by atoms with Crippen molar-refractivity contribution in [2.45, 2.75) is 26.4 Å². The van der Waals surface area contributed by atoms with Crippen molar-refractivity contribution in [3.8, 4) is 11.5 Å². The van der Waals surface area contributed by atoms with E-state index >= 15 is 0 Å². The van der Waals surface area contributed by atoms with E-state index in [1.807, 2.05) is 31.2 Å².